The quantitative estimate of drug-likeness (QED) is 0.555. The van der Waals surface area contributed by atoms with Crippen LogP contribution in [0.3, 0.4) is 0 Å². The molecule has 9 heteroatoms. The fraction of sp³-hybridized carbons (Fsp3) is 0.577. The van der Waals surface area contributed by atoms with Crippen molar-refractivity contribution in [2.45, 2.75) is 77.4 Å². The molecule has 2 aromatic rings. The van der Waals surface area contributed by atoms with E-state index in [-0.39, 0.29) is 41.7 Å². The molecule has 2 N–H and O–H groups in total. The second-order valence-electron chi connectivity index (χ2n) is 9.74. The SMILES string of the molecule is CCOCCCN1C(=O)c2c(NC(C)=O)c3cc(F)ccc3n2C[C@]1(C)C(=O)NC1CCCCC1. The van der Waals surface area contributed by atoms with Crippen molar-refractivity contribution >= 4 is 34.3 Å². The van der Waals surface area contributed by atoms with Crippen LogP contribution in [0.5, 0.6) is 0 Å². The van der Waals surface area contributed by atoms with Crippen LogP contribution >= 0.6 is 0 Å². The number of carbonyl (C=O) groups excluding carboxylic acids is 3. The molecule has 0 spiro atoms. The first-order valence-electron chi connectivity index (χ1n) is 12.6. The average Bonchev–Trinajstić information content (AvgIpc) is 3.10. The van der Waals surface area contributed by atoms with Gasteiger partial charge in [-0.3, -0.25) is 14.4 Å². The minimum Gasteiger partial charge on any atom is -0.382 e. The summed E-state index contributed by atoms with van der Waals surface area (Å²) in [6.45, 7) is 6.61. The first kappa shape index (κ1) is 25.2. The van der Waals surface area contributed by atoms with E-state index in [1.807, 2.05) is 6.92 Å². The molecular formula is C26H35FN4O4. The Labute approximate surface area is 205 Å². The first-order chi connectivity index (χ1) is 16.8. The second kappa shape index (κ2) is 10.4. The second-order valence-corrected chi connectivity index (χ2v) is 9.74. The van der Waals surface area contributed by atoms with Crippen molar-refractivity contribution in [2.24, 2.45) is 0 Å². The molecule has 1 atom stereocenters. The highest BCUT2D eigenvalue weighted by Crippen LogP contribution is 2.39. The van der Waals surface area contributed by atoms with Crippen LogP contribution in [0.1, 0.15) is 69.8 Å². The Kier molecular flexibility index (Phi) is 7.44. The fourth-order valence-electron chi connectivity index (χ4n) is 5.36. The number of benzene rings is 1. The van der Waals surface area contributed by atoms with Crippen molar-refractivity contribution in [1.82, 2.24) is 14.8 Å². The molecule has 1 saturated carbocycles. The van der Waals surface area contributed by atoms with E-state index in [4.69, 9.17) is 4.74 Å². The van der Waals surface area contributed by atoms with Crippen LogP contribution in [0.4, 0.5) is 10.1 Å². The van der Waals surface area contributed by atoms with Crippen LogP contribution in [0.2, 0.25) is 0 Å². The van der Waals surface area contributed by atoms with Gasteiger partial charge in [0.1, 0.15) is 17.1 Å². The Morgan fingerprint density at radius 2 is 1.97 bits per heavy atom. The topological polar surface area (TPSA) is 92.7 Å². The standard InChI is InChI=1S/C26H35FN4O4/c1-4-35-14-8-13-31-24(33)23-22(28-17(2)32)20-15-18(27)11-12-21(20)30(23)16-26(31,3)25(34)29-19-9-6-5-7-10-19/h11-12,15,19H,4-10,13-14,16H2,1-3H3,(H,28,32)(H,29,34)/t26-/m1/s1. The lowest BCUT2D eigenvalue weighted by atomic mass is 9.91. The van der Waals surface area contributed by atoms with Gasteiger partial charge in [-0.1, -0.05) is 19.3 Å². The maximum absolute atomic E-state index is 14.2. The number of aromatic nitrogens is 1. The predicted octanol–water partition coefficient (Wildman–Crippen LogP) is 3.83. The van der Waals surface area contributed by atoms with Crippen LogP contribution in [-0.4, -0.2) is 58.5 Å². The summed E-state index contributed by atoms with van der Waals surface area (Å²) in [6.07, 6.45) is 5.77. The van der Waals surface area contributed by atoms with Gasteiger partial charge in [0.05, 0.1) is 17.7 Å². The summed E-state index contributed by atoms with van der Waals surface area (Å²) in [5.41, 5.74) is -0.00690. The van der Waals surface area contributed by atoms with Crippen LogP contribution in [0.25, 0.3) is 10.9 Å². The first-order valence-corrected chi connectivity index (χ1v) is 12.6. The van der Waals surface area contributed by atoms with Crippen molar-refractivity contribution in [3.8, 4) is 0 Å². The highest BCUT2D eigenvalue weighted by molar-refractivity contribution is 6.14. The van der Waals surface area contributed by atoms with E-state index in [0.29, 0.717) is 37.1 Å². The third kappa shape index (κ3) is 4.91. The Morgan fingerprint density at radius 1 is 1.23 bits per heavy atom. The molecule has 3 amide bonds. The number of fused-ring (bicyclic) bond motifs is 3. The van der Waals surface area contributed by atoms with Crippen LogP contribution < -0.4 is 10.6 Å². The predicted molar refractivity (Wildman–Crippen MR) is 132 cm³/mol. The van der Waals surface area contributed by atoms with Crippen LogP contribution in [0.15, 0.2) is 18.2 Å². The number of ether oxygens (including phenoxy) is 1. The minimum absolute atomic E-state index is 0.0975. The number of nitrogens with one attached hydrogen (secondary N) is 2. The summed E-state index contributed by atoms with van der Waals surface area (Å²) in [4.78, 5) is 41.3. The highest BCUT2D eigenvalue weighted by Gasteiger charge is 2.49. The summed E-state index contributed by atoms with van der Waals surface area (Å²) in [5, 5.41) is 6.37. The summed E-state index contributed by atoms with van der Waals surface area (Å²) in [6, 6.07) is 4.33. The molecule has 35 heavy (non-hydrogen) atoms. The number of nitrogens with zero attached hydrogens (tertiary/aromatic N) is 2. The Bertz CT molecular complexity index is 1120. The molecule has 1 aliphatic heterocycles. The van der Waals surface area contributed by atoms with E-state index in [1.165, 1.54) is 25.5 Å². The number of halogens is 1. The van der Waals surface area contributed by atoms with Gasteiger partial charge in [-0.25, -0.2) is 4.39 Å². The maximum atomic E-state index is 14.2. The van der Waals surface area contributed by atoms with Gasteiger partial charge >= 0.3 is 0 Å². The molecule has 1 aromatic heterocycles. The Balaban J connectivity index is 1.77. The molecule has 1 fully saturated rings. The summed E-state index contributed by atoms with van der Waals surface area (Å²) < 4.78 is 21.4. The van der Waals surface area contributed by atoms with Gasteiger partial charge in [-0.05, 0) is 51.3 Å². The van der Waals surface area contributed by atoms with Crippen LogP contribution in [-0.2, 0) is 20.9 Å². The number of hydrogen-bond acceptors (Lipinski definition) is 4. The van der Waals surface area contributed by atoms with Crippen molar-refractivity contribution in [3.63, 3.8) is 0 Å². The summed E-state index contributed by atoms with van der Waals surface area (Å²) in [7, 11) is 0. The zero-order valence-electron chi connectivity index (χ0n) is 20.8. The Morgan fingerprint density at radius 3 is 2.66 bits per heavy atom. The van der Waals surface area contributed by atoms with E-state index >= 15 is 0 Å². The molecule has 0 unspecified atom stereocenters. The van der Waals surface area contributed by atoms with Crippen molar-refractivity contribution < 1.29 is 23.5 Å². The molecule has 1 aliphatic carbocycles. The number of amides is 3. The van der Waals surface area contributed by atoms with Gasteiger partial charge in [0.15, 0.2) is 0 Å². The number of anilines is 1. The van der Waals surface area contributed by atoms with Gasteiger partial charge in [-0.15, -0.1) is 0 Å². The normalized spacial score (nSPS) is 20.7. The molecule has 0 radical (unpaired) electrons. The molecule has 190 valence electrons. The van der Waals surface area contributed by atoms with Gasteiger partial charge in [0, 0.05) is 38.1 Å². The molecule has 2 aliphatic rings. The lowest BCUT2D eigenvalue weighted by molar-refractivity contribution is -0.134. The highest BCUT2D eigenvalue weighted by atomic mass is 19.1. The van der Waals surface area contributed by atoms with E-state index in [1.54, 1.807) is 22.5 Å². The lowest BCUT2D eigenvalue weighted by Gasteiger charge is -2.45. The number of hydrogen-bond donors (Lipinski definition) is 2. The average molecular weight is 487 g/mol. The van der Waals surface area contributed by atoms with E-state index in [0.717, 1.165) is 25.7 Å². The zero-order chi connectivity index (χ0) is 25.2. The van der Waals surface area contributed by atoms with Crippen LogP contribution in [0, 0.1) is 5.82 Å². The van der Waals surface area contributed by atoms with Crippen molar-refractivity contribution in [3.05, 3.63) is 29.7 Å². The molecule has 0 bridgehead atoms. The van der Waals surface area contributed by atoms with Gasteiger partial charge in [0.25, 0.3) is 5.91 Å². The molecule has 1 aromatic carbocycles. The van der Waals surface area contributed by atoms with Crippen molar-refractivity contribution in [2.75, 3.05) is 25.1 Å². The molecule has 2 heterocycles. The lowest BCUT2D eigenvalue weighted by Crippen LogP contribution is -2.65. The third-order valence-electron chi connectivity index (χ3n) is 7.14. The number of carbonyl (C=O) groups is 3. The minimum atomic E-state index is -1.15. The summed E-state index contributed by atoms with van der Waals surface area (Å²) in [5.74, 6) is -1.38. The fourth-order valence-corrected chi connectivity index (χ4v) is 5.36. The van der Waals surface area contributed by atoms with Crippen molar-refractivity contribution in [1.29, 1.82) is 0 Å². The maximum Gasteiger partial charge on any atom is 0.273 e. The van der Waals surface area contributed by atoms with E-state index < -0.39 is 11.4 Å². The van der Waals surface area contributed by atoms with E-state index in [2.05, 4.69) is 10.6 Å². The molecular weight excluding hydrogens is 451 g/mol. The van der Waals surface area contributed by atoms with Gasteiger partial charge in [0.2, 0.25) is 11.8 Å². The molecule has 8 nitrogen and oxygen atoms in total. The largest absolute Gasteiger partial charge is 0.382 e. The summed E-state index contributed by atoms with van der Waals surface area (Å²) >= 11 is 0. The van der Waals surface area contributed by atoms with E-state index in [9.17, 15) is 18.8 Å². The Hall–Kier alpha value is -2.94. The van der Waals surface area contributed by atoms with Gasteiger partial charge in [-0.2, -0.15) is 0 Å². The molecule has 0 saturated heterocycles. The number of rotatable bonds is 8. The molecule has 4 rings (SSSR count). The smallest absolute Gasteiger partial charge is 0.273 e. The zero-order valence-corrected chi connectivity index (χ0v) is 20.8. The monoisotopic (exact) mass is 486 g/mol. The third-order valence-corrected chi connectivity index (χ3v) is 7.14. The van der Waals surface area contributed by atoms with Gasteiger partial charge < -0.3 is 24.8 Å².